The molecule has 250 valence electrons. The van der Waals surface area contributed by atoms with Crippen molar-refractivity contribution in [1.29, 1.82) is 0 Å². The number of aliphatic hydroxyl groups is 12. The van der Waals surface area contributed by atoms with Crippen molar-refractivity contribution in [3.63, 3.8) is 0 Å². The first kappa shape index (κ1) is 34.9. The van der Waals surface area contributed by atoms with Crippen LogP contribution in [0.4, 0.5) is 0 Å². The zero-order valence-corrected chi connectivity index (χ0v) is 23.4. The summed E-state index contributed by atoms with van der Waals surface area (Å²) >= 11 is 0. The van der Waals surface area contributed by atoms with Crippen molar-refractivity contribution in [1.82, 2.24) is 5.32 Å². The van der Waals surface area contributed by atoms with E-state index in [0.29, 0.717) is 0 Å². The van der Waals surface area contributed by atoms with Crippen LogP contribution in [0.15, 0.2) is 11.6 Å². The van der Waals surface area contributed by atoms with E-state index in [1.165, 1.54) is 19.9 Å². The summed E-state index contributed by atoms with van der Waals surface area (Å²) in [7, 11) is 0. The Bertz CT molecular complexity index is 943. The Hall–Kier alpha value is -0.980. The van der Waals surface area contributed by atoms with Crippen molar-refractivity contribution in [2.24, 2.45) is 0 Å². The minimum Gasteiger partial charge on any atom is -0.394 e. The first-order chi connectivity index (χ1) is 20.2. The van der Waals surface area contributed by atoms with Crippen LogP contribution in [0.2, 0.25) is 0 Å². The highest BCUT2D eigenvalue weighted by molar-refractivity contribution is 5.22. The molecule has 0 bridgehead atoms. The molecular weight excluding hydrogens is 586 g/mol. The van der Waals surface area contributed by atoms with Crippen LogP contribution < -0.4 is 5.32 Å². The molecule has 18 heteroatoms. The fourth-order valence-electron chi connectivity index (χ4n) is 5.79. The molecule has 18 nitrogen and oxygen atoms in total. The average molecular weight is 630 g/mol. The molecule has 1 aliphatic carbocycles. The SMILES string of the molecule is CC1O[C@@H](O[C@H]2C(C)O[C@@H](O[C@H]3C(CO)OC(O)C(O)[C@@H]3O)C(O)[C@@H]2O)C(O)[C@H](O)[C@H]1N[C@@H]1C=C(CO)[C@@H](O)[C@@H](O)C1O. The van der Waals surface area contributed by atoms with Crippen molar-refractivity contribution in [2.75, 3.05) is 13.2 Å². The Morgan fingerprint density at radius 3 is 1.81 bits per heavy atom. The van der Waals surface area contributed by atoms with Gasteiger partial charge in [-0.25, -0.2) is 0 Å². The van der Waals surface area contributed by atoms with Gasteiger partial charge in [-0.3, -0.25) is 0 Å². The predicted molar refractivity (Wildman–Crippen MR) is 136 cm³/mol. The van der Waals surface area contributed by atoms with Crippen LogP contribution in [-0.2, 0) is 23.7 Å². The van der Waals surface area contributed by atoms with E-state index < -0.39 is 130 Å². The second-order valence-electron chi connectivity index (χ2n) is 11.4. The summed E-state index contributed by atoms with van der Waals surface area (Å²) < 4.78 is 27.7. The average Bonchev–Trinajstić information content (AvgIpc) is 2.98. The van der Waals surface area contributed by atoms with Crippen LogP contribution in [0.5, 0.6) is 0 Å². The van der Waals surface area contributed by atoms with Crippen LogP contribution in [0, 0.1) is 0 Å². The van der Waals surface area contributed by atoms with Gasteiger partial charge >= 0.3 is 0 Å². The minimum atomic E-state index is -1.82. The second-order valence-corrected chi connectivity index (χ2v) is 11.4. The van der Waals surface area contributed by atoms with Crippen LogP contribution in [-0.4, -0.2) is 191 Å². The van der Waals surface area contributed by atoms with E-state index in [1.54, 1.807) is 0 Å². The maximum atomic E-state index is 10.9. The number of hydrogen-bond acceptors (Lipinski definition) is 18. The molecule has 4 rings (SSSR count). The highest BCUT2D eigenvalue weighted by Crippen LogP contribution is 2.32. The Morgan fingerprint density at radius 2 is 1.21 bits per heavy atom. The second kappa shape index (κ2) is 14.2. The van der Waals surface area contributed by atoms with E-state index in [1.807, 2.05) is 0 Å². The third kappa shape index (κ3) is 6.92. The van der Waals surface area contributed by atoms with Gasteiger partial charge in [-0.1, -0.05) is 6.08 Å². The van der Waals surface area contributed by atoms with Crippen LogP contribution >= 0.6 is 0 Å². The monoisotopic (exact) mass is 629 g/mol. The molecule has 3 saturated heterocycles. The zero-order valence-electron chi connectivity index (χ0n) is 23.4. The summed E-state index contributed by atoms with van der Waals surface area (Å²) in [5, 5.41) is 126. The summed E-state index contributed by atoms with van der Waals surface area (Å²) in [4.78, 5) is 0. The molecule has 0 spiro atoms. The third-order valence-electron chi connectivity index (χ3n) is 8.43. The van der Waals surface area contributed by atoms with Gasteiger partial charge in [-0.2, -0.15) is 0 Å². The Morgan fingerprint density at radius 1 is 0.651 bits per heavy atom. The quantitative estimate of drug-likeness (QED) is 0.111. The van der Waals surface area contributed by atoms with E-state index in [2.05, 4.69) is 5.32 Å². The van der Waals surface area contributed by atoms with Gasteiger partial charge in [0.25, 0.3) is 0 Å². The highest BCUT2D eigenvalue weighted by Gasteiger charge is 2.52. The Kier molecular flexibility index (Phi) is 11.5. The normalized spacial score (nSPS) is 53.0. The number of rotatable bonds is 8. The molecule has 3 aliphatic heterocycles. The summed E-state index contributed by atoms with van der Waals surface area (Å²) in [6, 6.07) is -2.08. The molecule has 19 atom stereocenters. The smallest absolute Gasteiger partial charge is 0.187 e. The van der Waals surface area contributed by atoms with E-state index in [0.717, 1.165) is 0 Å². The lowest BCUT2D eigenvalue weighted by Gasteiger charge is -2.48. The van der Waals surface area contributed by atoms with E-state index >= 15 is 0 Å². The molecule has 8 unspecified atom stereocenters. The predicted octanol–water partition coefficient (Wildman–Crippen LogP) is -7.54. The molecule has 0 aromatic heterocycles. The van der Waals surface area contributed by atoms with Crippen molar-refractivity contribution in [3.05, 3.63) is 11.6 Å². The van der Waals surface area contributed by atoms with Crippen LogP contribution in [0.3, 0.4) is 0 Å². The van der Waals surface area contributed by atoms with Crippen molar-refractivity contribution >= 4 is 0 Å². The van der Waals surface area contributed by atoms with Crippen LogP contribution in [0.1, 0.15) is 13.8 Å². The van der Waals surface area contributed by atoms with E-state index in [9.17, 15) is 61.3 Å². The lowest BCUT2D eigenvalue weighted by molar-refractivity contribution is -0.370. The maximum Gasteiger partial charge on any atom is 0.187 e. The topological polar surface area (TPSA) is 301 Å². The molecule has 43 heavy (non-hydrogen) atoms. The van der Waals surface area contributed by atoms with Gasteiger partial charge in [0.15, 0.2) is 18.9 Å². The molecule has 0 radical (unpaired) electrons. The number of hydrogen-bond donors (Lipinski definition) is 13. The summed E-state index contributed by atoms with van der Waals surface area (Å²) in [6.45, 7) is 1.62. The molecule has 4 aliphatic rings. The molecule has 3 fully saturated rings. The van der Waals surface area contributed by atoms with Gasteiger partial charge in [-0.15, -0.1) is 0 Å². The number of aliphatic hydroxyl groups excluding tert-OH is 12. The van der Waals surface area contributed by atoms with Gasteiger partial charge in [0.2, 0.25) is 0 Å². The van der Waals surface area contributed by atoms with Gasteiger partial charge < -0.3 is 90.3 Å². The van der Waals surface area contributed by atoms with Gasteiger partial charge in [0.1, 0.15) is 73.2 Å². The van der Waals surface area contributed by atoms with Gasteiger partial charge in [0.05, 0.1) is 37.5 Å². The zero-order chi connectivity index (χ0) is 31.9. The molecule has 0 saturated carbocycles. The Balaban J connectivity index is 1.39. The molecule has 0 amide bonds. The summed E-state index contributed by atoms with van der Waals surface area (Å²) in [5.41, 5.74) is 0.0446. The molecule has 13 N–H and O–H groups in total. The van der Waals surface area contributed by atoms with E-state index in [-0.39, 0.29) is 5.57 Å². The minimum absolute atomic E-state index is 0.0446. The van der Waals surface area contributed by atoms with Crippen molar-refractivity contribution in [2.45, 2.75) is 130 Å². The molecular formula is C25H43NO17. The first-order valence-electron chi connectivity index (χ1n) is 14.0. The molecule has 0 aromatic carbocycles. The van der Waals surface area contributed by atoms with Gasteiger partial charge in [-0.05, 0) is 19.4 Å². The standard InChI is InChI=1S/C25H43NO17/c1-6-11(26-9-3-8(4-27)12(29)15(32)13(9)30)14(31)19(36)24(39-6)42-21-7(2)40-25(20(37)17(21)34)43-22-10(5-28)41-23(38)18(35)16(22)33/h3,6-7,9-38H,4-5H2,1-2H3/t6?,7?,9-,10?,11+,12-,13?,14-,15-,16+,17+,18?,19?,20?,21+,22+,23?,24+,25+/m1/s1. The van der Waals surface area contributed by atoms with E-state index in [4.69, 9.17) is 23.7 Å². The highest BCUT2D eigenvalue weighted by atomic mass is 16.7. The van der Waals surface area contributed by atoms with Crippen LogP contribution in [0.25, 0.3) is 0 Å². The number of nitrogens with one attached hydrogen (secondary N) is 1. The fraction of sp³-hybridized carbons (Fsp3) is 0.920. The Labute approximate surface area is 245 Å². The fourth-order valence-corrected chi connectivity index (χ4v) is 5.79. The van der Waals surface area contributed by atoms with Gasteiger partial charge in [0, 0.05) is 0 Å². The van der Waals surface area contributed by atoms with Crippen molar-refractivity contribution < 1.29 is 85.0 Å². The molecule has 3 heterocycles. The largest absolute Gasteiger partial charge is 0.394 e. The molecule has 0 aromatic rings. The summed E-state index contributed by atoms with van der Waals surface area (Å²) in [5.74, 6) is 0. The lowest BCUT2D eigenvalue weighted by atomic mass is 9.86. The first-order valence-corrected chi connectivity index (χ1v) is 14.0. The van der Waals surface area contributed by atoms with Crippen molar-refractivity contribution in [3.8, 4) is 0 Å². The maximum absolute atomic E-state index is 10.9. The third-order valence-corrected chi connectivity index (χ3v) is 8.43. The number of ether oxygens (including phenoxy) is 5. The lowest BCUT2D eigenvalue weighted by Crippen LogP contribution is -2.68. The summed E-state index contributed by atoms with van der Waals surface area (Å²) in [6.07, 6.45) is -24.8.